The Morgan fingerprint density at radius 2 is 1.53 bits per heavy atom. The first kappa shape index (κ1) is 17.6. The molecule has 1 unspecified atom stereocenters. The molecule has 0 radical (unpaired) electrons. The summed E-state index contributed by atoms with van der Waals surface area (Å²) in [4.78, 5) is 19.1. The number of nitrogens with one attached hydrogen (secondary N) is 1. The summed E-state index contributed by atoms with van der Waals surface area (Å²) in [6.45, 7) is 11.6. The lowest BCUT2D eigenvalue weighted by Gasteiger charge is -2.45. The standard InChI is InChI=1S/C10H21N.C4H4O4/c1-8-6-9(2,3)7-10(4,5)11-8;5-3(6)1-2-4(7)8/h8,11H,6-7H2,1-5H3;1-2H,(H,5,6)(H,7,8)/b;2-1-. The Balaban J connectivity index is 0.000000362. The van der Waals surface area contributed by atoms with Gasteiger partial charge in [0.15, 0.2) is 0 Å². The van der Waals surface area contributed by atoms with Gasteiger partial charge in [-0.2, -0.15) is 0 Å². The number of carboxylic acid groups (broad SMARTS) is 2. The fraction of sp³-hybridized carbons (Fsp3) is 0.714. The van der Waals surface area contributed by atoms with Gasteiger partial charge in [0.1, 0.15) is 0 Å². The third-order valence-corrected chi connectivity index (χ3v) is 2.78. The predicted molar refractivity (Wildman–Crippen MR) is 74.1 cm³/mol. The van der Waals surface area contributed by atoms with Gasteiger partial charge in [0.05, 0.1) is 0 Å². The van der Waals surface area contributed by atoms with Gasteiger partial charge in [-0.25, -0.2) is 9.59 Å². The number of aliphatic carboxylic acids is 2. The van der Waals surface area contributed by atoms with Crippen LogP contribution in [-0.2, 0) is 9.59 Å². The summed E-state index contributed by atoms with van der Waals surface area (Å²) in [5.41, 5.74) is 0.856. The smallest absolute Gasteiger partial charge is 0.328 e. The molecule has 3 N–H and O–H groups in total. The van der Waals surface area contributed by atoms with Gasteiger partial charge in [-0.05, 0) is 39.0 Å². The van der Waals surface area contributed by atoms with E-state index in [1.165, 1.54) is 12.8 Å². The van der Waals surface area contributed by atoms with Gasteiger partial charge >= 0.3 is 11.9 Å². The lowest BCUT2D eigenvalue weighted by Crippen LogP contribution is -2.53. The second-order valence-corrected chi connectivity index (χ2v) is 6.48. The average Bonchev–Trinajstić information content (AvgIpc) is 2.09. The van der Waals surface area contributed by atoms with Crippen LogP contribution in [0.25, 0.3) is 0 Å². The lowest BCUT2D eigenvalue weighted by atomic mass is 9.72. The van der Waals surface area contributed by atoms with Crippen molar-refractivity contribution in [1.29, 1.82) is 0 Å². The summed E-state index contributed by atoms with van der Waals surface area (Å²) in [5, 5.41) is 19.2. The normalized spacial score (nSPS) is 24.4. The van der Waals surface area contributed by atoms with E-state index in [4.69, 9.17) is 10.2 Å². The highest BCUT2D eigenvalue weighted by molar-refractivity contribution is 5.89. The zero-order valence-corrected chi connectivity index (χ0v) is 12.4. The topological polar surface area (TPSA) is 86.6 Å². The number of rotatable bonds is 2. The molecule has 5 nitrogen and oxygen atoms in total. The molecule has 19 heavy (non-hydrogen) atoms. The molecule has 1 fully saturated rings. The second-order valence-electron chi connectivity index (χ2n) is 6.48. The van der Waals surface area contributed by atoms with Crippen molar-refractivity contribution < 1.29 is 19.8 Å². The first-order valence-corrected chi connectivity index (χ1v) is 6.35. The van der Waals surface area contributed by atoms with Crippen LogP contribution in [0.5, 0.6) is 0 Å². The predicted octanol–water partition coefficient (Wildman–Crippen LogP) is 2.27. The van der Waals surface area contributed by atoms with Crippen molar-refractivity contribution in [2.24, 2.45) is 5.41 Å². The average molecular weight is 271 g/mol. The minimum atomic E-state index is -1.26. The molecule has 1 aliphatic heterocycles. The van der Waals surface area contributed by atoms with E-state index in [1.54, 1.807) is 0 Å². The zero-order valence-electron chi connectivity index (χ0n) is 12.4. The van der Waals surface area contributed by atoms with Crippen LogP contribution >= 0.6 is 0 Å². The van der Waals surface area contributed by atoms with Crippen molar-refractivity contribution >= 4 is 11.9 Å². The molecule has 1 heterocycles. The molecular formula is C14H25NO4. The lowest BCUT2D eigenvalue weighted by molar-refractivity contribution is -0.134. The van der Waals surface area contributed by atoms with Crippen molar-refractivity contribution in [3.8, 4) is 0 Å². The molecule has 0 aromatic carbocycles. The number of carboxylic acids is 2. The summed E-state index contributed by atoms with van der Waals surface area (Å²) in [6.07, 6.45) is 3.70. The molecule has 5 heteroatoms. The highest BCUT2D eigenvalue weighted by Gasteiger charge is 2.35. The molecule has 0 aromatic heterocycles. The second kappa shape index (κ2) is 6.70. The molecule has 0 bridgehead atoms. The van der Waals surface area contributed by atoms with Crippen LogP contribution < -0.4 is 5.32 Å². The van der Waals surface area contributed by atoms with E-state index in [1.807, 2.05) is 0 Å². The molecule has 1 saturated heterocycles. The van der Waals surface area contributed by atoms with E-state index in [0.29, 0.717) is 29.1 Å². The van der Waals surface area contributed by atoms with Gasteiger partial charge < -0.3 is 15.5 Å². The molecule has 0 amide bonds. The Morgan fingerprint density at radius 1 is 1.11 bits per heavy atom. The third kappa shape index (κ3) is 9.25. The quantitative estimate of drug-likeness (QED) is 0.671. The van der Waals surface area contributed by atoms with Crippen LogP contribution in [-0.4, -0.2) is 33.7 Å². The molecule has 1 rings (SSSR count). The number of hydrogen-bond acceptors (Lipinski definition) is 3. The molecule has 110 valence electrons. The zero-order chi connectivity index (χ0) is 15.3. The van der Waals surface area contributed by atoms with Crippen LogP contribution in [0.2, 0.25) is 0 Å². The number of hydrogen-bond donors (Lipinski definition) is 3. The summed E-state index contributed by atoms with van der Waals surface area (Å²) >= 11 is 0. The van der Waals surface area contributed by atoms with Crippen LogP contribution in [0.4, 0.5) is 0 Å². The maximum absolute atomic E-state index is 9.55. The largest absolute Gasteiger partial charge is 0.478 e. The fourth-order valence-corrected chi connectivity index (χ4v) is 3.01. The fourth-order valence-electron chi connectivity index (χ4n) is 3.01. The van der Waals surface area contributed by atoms with Gasteiger partial charge in [-0.15, -0.1) is 0 Å². The SMILES string of the molecule is CC1CC(C)(C)CC(C)(C)N1.O=C(O)/C=C\C(=O)O. The van der Waals surface area contributed by atoms with Crippen molar-refractivity contribution in [3.05, 3.63) is 12.2 Å². The van der Waals surface area contributed by atoms with Gasteiger partial charge in [0.25, 0.3) is 0 Å². The van der Waals surface area contributed by atoms with E-state index in [2.05, 4.69) is 39.9 Å². The first-order valence-electron chi connectivity index (χ1n) is 6.35. The van der Waals surface area contributed by atoms with Crippen molar-refractivity contribution in [2.75, 3.05) is 0 Å². The van der Waals surface area contributed by atoms with Gasteiger partial charge in [-0.3, -0.25) is 0 Å². The van der Waals surface area contributed by atoms with Crippen molar-refractivity contribution in [1.82, 2.24) is 5.32 Å². The van der Waals surface area contributed by atoms with Gasteiger partial charge in [0, 0.05) is 23.7 Å². The molecule has 0 saturated carbocycles. The Hall–Kier alpha value is -1.36. The van der Waals surface area contributed by atoms with Crippen LogP contribution in [0, 0.1) is 5.41 Å². The maximum atomic E-state index is 9.55. The molecule has 0 aromatic rings. The molecule has 0 aliphatic carbocycles. The molecular weight excluding hydrogens is 246 g/mol. The van der Waals surface area contributed by atoms with E-state index in [0.717, 1.165) is 0 Å². The Bertz CT molecular complexity index is 326. The number of piperidine rings is 1. The Labute approximate surface area is 114 Å². The summed E-state index contributed by atoms with van der Waals surface area (Å²) in [7, 11) is 0. The van der Waals surface area contributed by atoms with Crippen molar-refractivity contribution in [3.63, 3.8) is 0 Å². The van der Waals surface area contributed by atoms with Crippen LogP contribution in [0.3, 0.4) is 0 Å². The third-order valence-electron chi connectivity index (χ3n) is 2.78. The van der Waals surface area contributed by atoms with E-state index in [-0.39, 0.29) is 0 Å². The van der Waals surface area contributed by atoms with E-state index in [9.17, 15) is 9.59 Å². The van der Waals surface area contributed by atoms with E-state index >= 15 is 0 Å². The van der Waals surface area contributed by atoms with Crippen molar-refractivity contribution in [2.45, 2.75) is 59.0 Å². The summed E-state index contributed by atoms with van der Waals surface area (Å²) in [6, 6.07) is 0.675. The minimum Gasteiger partial charge on any atom is -0.478 e. The maximum Gasteiger partial charge on any atom is 0.328 e. The highest BCUT2D eigenvalue weighted by atomic mass is 16.4. The van der Waals surface area contributed by atoms with E-state index < -0.39 is 11.9 Å². The monoisotopic (exact) mass is 271 g/mol. The van der Waals surface area contributed by atoms with Gasteiger partial charge in [0.2, 0.25) is 0 Å². The molecule has 0 spiro atoms. The highest BCUT2D eigenvalue weighted by Crippen LogP contribution is 2.36. The number of carbonyl (C=O) groups is 2. The van der Waals surface area contributed by atoms with Gasteiger partial charge in [-0.1, -0.05) is 13.8 Å². The molecule has 1 atom stereocenters. The van der Waals surface area contributed by atoms with Crippen LogP contribution in [0.15, 0.2) is 12.2 Å². The summed E-state index contributed by atoms with van der Waals surface area (Å²) in [5.74, 6) is -2.51. The first-order chi connectivity index (χ1) is 8.43. The Kier molecular flexibility index (Phi) is 6.22. The Morgan fingerprint density at radius 3 is 1.79 bits per heavy atom. The van der Waals surface area contributed by atoms with Crippen LogP contribution in [0.1, 0.15) is 47.5 Å². The molecule has 1 aliphatic rings. The minimum absolute atomic E-state index is 0.334. The summed E-state index contributed by atoms with van der Waals surface area (Å²) < 4.78 is 0.